The number of nitrogens with one attached hydrogen (secondary N) is 1. The number of aryl methyl sites for hydroxylation is 1. The van der Waals surface area contributed by atoms with Crippen molar-refractivity contribution in [2.45, 2.75) is 63.8 Å². The number of piperidine rings is 1. The van der Waals surface area contributed by atoms with Gasteiger partial charge in [0.2, 0.25) is 11.7 Å². The van der Waals surface area contributed by atoms with Crippen LogP contribution >= 0.6 is 0 Å². The monoisotopic (exact) mass is 368 g/mol. The first-order valence-electron chi connectivity index (χ1n) is 10.1. The van der Waals surface area contributed by atoms with Crippen molar-refractivity contribution in [3.8, 4) is 11.4 Å². The van der Waals surface area contributed by atoms with Crippen LogP contribution in [0.15, 0.2) is 28.8 Å². The minimum absolute atomic E-state index is 0.0892. The van der Waals surface area contributed by atoms with Crippen molar-refractivity contribution in [1.82, 2.24) is 20.4 Å². The summed E-state index contributed by atoms with van der Waals surface area (Å²) in [7, 11) is 0. The summed E-state index contributed by atoms with van der Waals surface area (Å²) in [4.78, 5) is 19.0. The zero-order valence-electron chi connectivity index (χ0n) is 16.0. The van der Waals surface area contributed by atoms with Crippen LogP contribution in [0.2, 0.25) is 0 Å². The average molecular weight is 368 g/mol. The number of aromatic nitrogens is 2. The van der Waals surface area contributed by atoms with E-state index in [1.54, 1.807) is 0 Å². The van der Waals surface area contributed by atoms with E-state index in [1.807, 2.05) is 17.0 Å². The van der Waals surface area contributed by atoms with E-state index in [0.29, 0.717) is 17.8 Å². The molecule has 0 spiro atoms. The normalized spacial score (nSPS) is 19.2. The maximum Gasteiger partial charge on any atom is 0.317 e. The molecule has 6 nitrogen and oxygen atoms in total. The average Bonchev–Trinajstić information content (AvgIpc) is 3.19. The molecule has 2 aromatic rings. The first-order chi connectivity index (χ1) is 13.2. The molecule has 6 heteroatoms. The molecule has 1 aromatic heterocycles. The highest BCUT2D eigenvalue weighted by Crippen LogP contribution is 2.29. The summed E-state index contributed by atoms with van der Waals surface area (Å²) in [5.41, 5.74) is 2.16. The number of hydrogen-bond acceptors (Lipinski definition) is 4. The lowest BCUT2D eigenvalue weighted by atomic mass is 9.95. The topological polar surface area (TPSA) is 71.3 Å². The third kappa shape index (κ3) is 4.31. The van der Waals surface area contributed by atoms with Crippen LogP contribution in [0.25, 0.3) is 11.4 Å². The van der Waals surface area contributed by atoms with Crippen molar-refractivity contribution in [2.75, 3.05) is 13.1 Å². The summed E-state index contributed by atoms with van der Waals surface area (Å²) in [5, 5.41) is 7.36. The Morgan fingerprint density at radius 3 is 2.67 bits per heavy atom. The molecule has 1 aromatic carbocycles. The van der Waals surface area contributed by atoms with Crippen LogP contribution in [0.5, 0.6) is 0 Å². The van der Waals surface area contributed by atoms with Crippen molar-refractivity contribution >= 4 is 6.03 Å². The van der Waals surface area contributed by atoms with Gasteiger partial charge < -0.3 is 14.7 Å². The third-order valence-electron chi connectivity index (χ3n) is 5.78. The van der Waals surface area contributed by atoms with Gasteiger partial charge in [-0.2, -0.15) is 4.98 Å². The standard InChI is InChI=1S/C21H28N4O2/c1-15-6-5-7-17(14-15)19-23-20(27-24-19)16-10-12-25(13-11-16)21(26)22-18-8-3-2-4-9-18/h5-7,14,16,18H,2-4,8-13H2,1H3,(H,22,26). The second-order valence-electron chi connectivity index (χ2n) is 7.87. The molecule has 0 radical (unpaired) electrons. The number of urea groups is 1. The number of hydrogen-bond donors (Lipinski definition) is 1. The predicted molar refractivity (Wildman–Crippen MR) is 103 cm³/mol. The van der Waals surface area contributed by atoms with Gasteiger partial charge in [0.15, 0.2) is 0 Å². The van der Waals surface area contributed by atoms with Gasteiger partial charge in [-0.1, -0.05) is 48.2 Å². The van der Waals surface area contributed by atoms with E-state index < -0.39 is 0 Å². The Hall–Kier alpha value is -2.37. The molecule has 0 atom stereocenters. The van der Waals surface area contributed by atoms with Crippen LogP contribution in [0, 0.1) is 6.92 Å². The lowest BCUT2D eigenvalue weighted by Crippen LogP contribution is -2.48. The van der Waals surface area contributed by atoms with E-state index in [1.165, 1.54) is 24.8 Å². The van der Waals surface area contributed by atoms with Gasteiger partial charge in [0.1, 0.15) is 0 Å². The molecule has 2 aliphatic rings. The Morgan fingerprint density at radius 2 is 1.93 bits per heavy atom. The summed E-state index contributed by atoms with van der Waals surface area (Å²) in [6.45, 7) is 3.54. The Morgan fingerprint density at radius 1 is 1.15 bits per heavy atom. The molecule has 1 aliphatic carbocycles. The van der Waals surface area contributed by atoms with Crippen molar-refractivity contribution in [3.63, 3.8) is 0 Å². The number of carbonyl (C=O) groups is 1. The molecule has 2 amide bonds. The van der Waals surface area contributed by atoms with E-state index in [9.17, 15) is 4.79 Å². The predicted octanol–water partition coefficient (Wildman–Crippen LogP) is 4.27. The molecule has 0 unspecified atom stereocenters. The van der Waals surface area contributed by atoms with E-state index in [4.69, 9.17) is 4.52 Å². The third-order valence-corrected chi connectivity index (χ3v) is 5.78. The van der Waals surface area contributed by atoms with Crippen molar-refractivity contribution in [2.24, 2.45) is 0 Å². The van der Waals surface area contributed by atoms with Crippen molar-refractivity contribution < 1.29 is 9.32 Å². The van der Waals surface area contributed by atoms with Gasteiger partial charge in [-0.15, -0.1) is 0 Å². The summed E-state index contributed by atoms with van der Waals surface area (Å²) in [6.07, 6.45) is 7.73. The number of amides is 2. The molecular weight excluding hydrogens is 340 g/mol. The van der Waals surface area contributed by atoms with Crippen molar-refractivity contribution in [1.29, 1.82) is 0 Å². The fourth-order valence-corrected chi connectivity index (χ4v) is 4.14. The number of benzene rings is 1. The Labute approximate surface area is 160 Å². The van der Waals surface area contributed by atoms with Gasteiger partial charge in [0, 0.05) is 30.6 Å². The zero-order valence-corrected chi connectivity index (χ0v) is 16.0. The number of nitrogens with zero attached hydrogens (tertiary/aromatic N) is 3. The summed E-state index contributed by atoms with van der Waals surface area (Å²) >= 11 is 0. The highest BCUT2D eigenvalue weighted by Gasteiger charge is 2.28. The minimum Gasteiger partial charge on any atom is -0.339 e. The van der Waals surface area contributed by atoms with E-state index in [0.717, 1.165) is 44.3 Å². The highest BCUT2D eigenvalue weighted by atomic mass is 16.5. The van der Waals surface area contributed by atoms with Crippen molar-refractivity contribution in [3.05, 3.63) is 35.7 Å². The maximum atomic E-state index is 12.5. The smallest absolute Gasteiger partial charge is 0.317 e. The molecule has 1 saturated heterocycles. The Kier molecular flexibility index (Phi) is 5.41. The van der Waals surface area contributed by atoms with Gasteiger partial charge in [-0.05, 0) is 38.7 Å². The van der Waals surface area contributed by atoms with Crippen LogP contribution in [-0.2, 0) is 0 Å². The largest absolute Gasteiger partial charge is 0.339 e. The van der Waals surface area contributed by atoms with Gasteiger partial charge >= 0.3 is 6.03 Å². The highest BCUT2D eigenvalue weighted by molar-refractivity contribution is 5.74. The van der Waals surface area contributed by atoms with E-state index in [-0.39, 0.29) is 11.9 Å². The van der Waals surface area contributed by atoms with E-state index >= 15 is 0 Å². The van der Waals surface area contributed by atoms with Gasteiger partial charge in [-0.25, -0.2) is 4.79 Å². The fraction of sp³-hybridized carbons (Fsp3) is 0.571. The van der Waals surface area contributed by atoms with Crippen LogP contribution in [0.1, 0.15) is 62.3 Å². The molecule has 2 heterocycles. The number of likely N-dealkylation sites (tertiary alicyclic amines) is 1. The molecule has 1 N–H and O–H groups in total. The first kappa shape index (κ1) is 18.0. The van der Waals surface area contributed by atoms with Gasteiger partial charge in [-0.3, -0.25) is 0 Å². The second-order valence-corrected chi connectivity index (χ2v) is 7.87. The Bertz CT molecular complexity index is 774. The zero-order chi connectivity index (χ0) is 18.6. The lowest BCUT2D eigenvalue weighted by molar-refractivity contribution is 0.169. The molecule has 144 valence electrons. The second kappa shape index (κ2) is 8.11. The summed E-state index contributed by atoms with van der Waals surface area (Å²) < 4.78 is 5.54. The van der Waals surface area contributed by atoms with Crippen LogP contribution in [0.4, 0.5) is 4.79 Å². The van der Waals surface area contributed by atoms with E-state index in [2.05, 4.69) is 34.5 Å². The molecular formula is C21H28N4O2. The molecule has 2 fully saturated rings. The molecule has 0 bridgehead atoms. The lowest BCUT2D eigenvalue weighted by Gasteiger charge is -2.32. The van der Waals surface area contributed by atoms with Crippen LogP contribution in [0.3, 0.4) is 0 Å². The van der Waals surface area contributed by atoms with Gasteiger partial charge in [0.05, 0.1) is 0 Å². The van der Waals surface area contributed by atoms with Crippen LogP contribution in [-0.4, -0.2) is 40.2 Å². The maximum absolute atomic E-state index is 12.5. The summed E-state index contributed by atoms with van der Waals surface area (Å²) in [5.74, 6) is 1.57. The number of carbonyl (C=O) groups excluding carboxylic acids is 1. The molecule has 27 heavy (non-hydrogen) atoms. The summed E-state index contributed by atoms with van der Waals surface area (Å²) in [6, 6.07) is 8.57. The molecule has 4 rings (SSSR count). The fourth-order valence-electron chi connectivity index (χ4n) is 4.14. The SMILES string of the molecule is Cc1cccc(-c2noc(C3CCN(C(=O)NC4CCCCC4)CC3)n2)c1. The molecule has 1 saturated carbocycles. The first-order valence-corrected chi connectivity index (χ1v) is 10.1. The molecule has 1 aliphatic heterocycles. The number of rotatable bonds is 3. The quantitative estimate of drug-likeness (QED) is 0.878. The van der Waals surface area contributed by atoms with Gasteiger partial charge in [0.25, 0.3) is 0 Å². The van der Waals surface area contributed by atoms with Crippen LogP contribution < -0.4 is 5.32 Å². The minimum atomic E-state index is 0.0892. The Balaban J connectivity index is 1.32.